The molecular weight excluding hydrogens is 246 g/mol. The Kier molecular flexibility index (Phi) is 4.78. The van der Waals surface area contributed by atoms with Crippen LogP contribution in [0.1, 0.15) is 37.3 Å². The van der Waals surface area contributed by atoms with Gasteiger partial charge in [-0.05, 0) is 44.2 Å². The highest BCUT2D eigenvalue weighted by Crippen LogP contribution is 2.32. The van der Waals surface area contributed by atoms with Crippen LogP contribution in [0.25, 0.3) is 0 Å². The number of hydrogen-bond acceptors (Lipinski definition) is 4. The van der Waals surface area contributed by atoms with Gasteiger partial charge in [0, 0.05) is 24.0 Å². The molecule has 0 spiro atoms. The van der Waals surface area contributed by atoms with Gasteiger partial charge in [-0.3, -0.25) is 4.90 Å². The van der Waals surface area contributed by atoms with Crippen molar-refractivity contribution in [1.82, 2.24) is 4.90 Å². The van der Waals surface area contributed by atoms with Crippen LogP contribution < -0.4 is 0 Å². The lowest BCUT2D eigenvalue weighted by Gasteiger charge is -2.34. The van der Waals surface area contributed by atoms with Crippen LogP contribution in [0.5, 0.6) is 0 Å². The summed E-state index contributed by atoms with van der Waals surface area (Å²) in [6, 6.07) is 2.63. The molecule has 2 heterocycles. The molecule has 0 fully saturated rings. The van der Waals surface area contributed by atoms with Gasteiger partial charge in [0.25, 0.3) is 0 Å². The maximum absolute atomic E-state index is 10.0. The topological polar surface area (TPSA) is 32.7 Å². The van der Waals surface area contributed by atoms with Gasteiger partial charge in [0.15, 0.2) is 0 Å². The third kappa shape index (κ3) is 3.32. The van der Waals surface area contributed by atoms with Crippen molar-refractivity contribution in [3.05, 3.63) is 21.9 Å². The average Bonchev–Trinajstić information content (AvgIpc) is 2.79. The first-order chi connectivity index (χ1) is 8.58. The minimum Gasteiger partial charge on any atom is -0.389 e. The zero-order valence-corrected chi connectivity index (χ0v) is 12.2. The summed E-state index contributed by atoms with van der Waals surface area (Å²) < 4.78 is 5.46. The summed E-state index contributed by atoms with van der Waals surface area (Å²) in [6.45, 7) is 8.37. The van der Waals surface area contributed by atoms with Crippen LogP contribution in [0.15, 0.2) is 11.4 Å². The lowest BCUT2D eigenvalue weighted by atomic mass is 10.0. The van der Waals surface area contributed by atoms with Gasteiger partial charge in [0.1, 0.15) is 0 Å². The van der Waals surface area contributed by atoms with Crippen LogP contribution in [-0.4, -0.2) is 41.9 Å². The van der Waals surface area contributed by atoms with Crippen molar-refractivity contribution in [1.29, 1.82) is 0 Å². The number of hydrogen-bond donors (Lipinski definition) is 1. The second kappa shape index (κ2) is 6.15. The summed E-state index contributed by atoms with van der Waals surface area (Å²) in [5.41, 5.74) is 1.43. The molecule has 1 aliphatic heterocycles. The van der Waals surface area contributed by atoms with Gasteiger partial charge in [-0.1, -0.05) is 0 Å². The Balaban J connectivity index is 1.87. The molecule has 0 aliphatic carbocycles. The zero-order chi connectivity index (χ0) is 13.1. The molecule has 4 heteroatoms. The Labute approximate surface area is 113 Å². The van der Waals surface area contributed by atoms with Crippen LogP contribution in [0.2, 0.25) is 0 Å². The lowest BCUT2D eigenvalue weighted by Crippen LogP contribution is -2.40. The molecule has 0 aromatic carbocycles. The molecule has 1 aliphatic rings. The first-order valence-corrected chi connectivity index (χ1v) is 7.56. The van der Waals surface area contributed by atoms with E-state index in [1.807, 2.05) is 25.2 Å². The molecule has 3 nitrogen and oxygen atoms in total. The maximum atomic E-state index is 10.0. The first kappa shape index (κ1) is 14.0. The normalized spacial score (nSPS) is 22.2. The van der Waals surface area contributed by atoms with Crippen molar-refractivity contribution in [3.8, 4) is 0 Å². The number of β-amino-alcohol motifs (C(OH)–C–C–N with tert-alkyl or cyclic N) is 1. The summed E-state index contributed by atoms with van der Waals surface area (Å²) in [5.74, 6) is 0. The van der Waals surface area contributed by atoms with Crippen molar-refractivity contribution in [2.75, 3.05) is 19.7 Å². The van der Waals surface area contributed by atoms with Gasteiger partial charge in [-0.15, -0.1) is 11.3 Å². The fourth-order valence-corrected chi connectivity index (χ4v) is 3.40. The highest BCUT2D eigenvalue weighted by molar-refractivity contribution is 7.10. The molecule has 0 amide bonds. The van der Waals surface area contributed by atoms with Crippen LogP contribution in [-0.2, 0) is 11.2 Å². The second-order valence-electron chi connectivity index (χ2n) is 5.26. The van der Waals surface area contributed by atoms with Gasteiger partial charge < -0.3 is 9.84 Å². The van der Waals surface area contributed by atoms with E-state index in [2.05, 4.69) is 23.3 Å². The maximum Gasteiger partial charge on any atom is 0.0900 e. The quantitative estimate of drug-likeness (QED) is 0.891. The summed E-state index contributed by atoms with van der Waals surface area (Å²) in [7, 11) is 0. The van der Waals surface area contributed by atoms with E-state index >= 15 is 0 Å². The van der Waals surface area contributed by atoms with E-state index in [1.165, 1.54) is 10.4 Å². The van der Waals surface area contributed by atoms with E-state index in [4.69, 9.17) is 4.74 Å². The molecule has 0 saturated carbocycles. The third-order valence-corrected chi connectivity index (χ3v) is 4.47. The molecule has 2 atom stereocenters. The van der Waals surface area contributed by atoms with Gasteiger partial charge in [0.05, 0.1) is 18.8 Å². The summed E-state index contributed by atoms with van der Waals surface area (Å²) in [5, 5.41) is 12.2. The van der Waals surface area contributed by atoms with E-state index in [1.54, 1.807) is 0 Å². The third-order valence-electron chi connectivity index (χ3n) is 3.47. The SMILES string of the molecule is CC(C)OC[C@@H](O)CN1CCc2sccc2[C@@H]1C. The van der Waals surface area contributed by atoms with Gasteiger partial charge >= 0.3 is 0 Å². The van der Waals surface area contributed by atoms with Crippen molar-refractivity contribution >= 4 is 11.3 Å². The van der Waals surface area contributed by atoms with Crippen molar-refractivity contribution in [2.24, 2.45) is 0 Å². The van der Waals surface area contributed by atoms with E-state index in [9.17, 15) is 5.11 Å². The molecule has 0 saturated heterocycles. The molecular formula is C14H23NO2S. The number of fused-ring (bicyclic) bond motifs is 1. The van der Waals surface area contributed by atoms with Gasteiger partial charge in [0.2, 0.25) is 0 Å². The predicted octanol–water partition coefficient (Wildman–Crippen LogP) is 2.45. The van der Waals surface area contributed by atoms with E-state index < -0.39 is 6.10 Å². The highest BCUT2D eigenvalue weighted by atomic mass is 32.1. The van der Waals surface area contributed by atoms with Crippen molar-refractivity contribution in [3.63, 3.8) is 0 Å². The van der Waals surface area contributed by atoms with E-state index in [-0.39, 0.29) is 6.10 Å². The molecule has 102 valence electrons. The molecule has 2 rings (SSSR count). The molecule has 18 heavy (non-hydrogen) atoms. The molecule has 0 bridgehead atoms. The first-order valence-electron chi connectivity index (χ1n) is 6.68. The Hall–Kier alpha value is -0.420. The minimum absolute atomic E-state index is 0.182. The predicted molar refractivity (Wildman–Crippen MR) is 75.1 cm³/mol. The molecule has 0 radical (unpaired) electrons. The number of thiophene rings is 1. The Morgan fingerprint density at radius 3 is 3.06 bits per heavy atom. The van der Waals surface area contributed by atoms with Crippen LogP contribution >= 0.6 is 11.3 Å². The highest BCUT2D eigenvalue weighted by Gasteiger charge is 2.26. The number of aliphatic hydroxyl groups excluding tert-OH is 1. The number of nitrogens with zero attached hydrogens (tertiary/aromatic N) is 1. The van der Waals surface area contributed by atoms with E-state index in [0.717, 1.165) is 13.0 Å². The fourth-order valence-electron chi connectivity index (χ4n) is 2.44. The Bertz CT molecular complexity index is 378. The van der Waals surface area contributed by atoms with Crippen molar-refractivity contribution in [2.45, 2.75) is 45.4 Å². The monoisotopic (exact) mass is 269 g/mol. The number of ether oxygens (including phenoxy) is 1. The smallest absolute Gasteiger partial charge is 0.0900 e. The van der Waals surface area contributed by atoms with Gasteiger partial charge in [-0.25, -0.2) is 0 Å². The fraction of sp³-hybridized carbons (Fsp3) is 0.714. The van der Waals surface area contributed by atoms with Crippen molar-refractivity contribution < 1.29 is 9.84 Å². The number of aliphatic hydroxyl groups is 1. The van der Waals surface area contributed by atoms with E-state index in [0.29, 0.717) is 19.2 Å². The zero-order valence-electron chi connectivity index (χ0n) is 11.4. The number of rotatable bonds is 5. The summed E-state index contributed by atoms with van der Waals surface area (Å²) >= 11 is 1.85. The van der Waals surface area contributed by atoms with Gasteiger partial charge in [-0.2, -0.15) is 0 Å². The second-order valence-corrected chi connectivity index (χ2v) is 6.26. The molecule has 1 aromatic rings. The largest absolute Gasteiger partial charge is 0.389 e. The molecule has 1 N–H and O–H groups in total. The van der Waals surface area contributed by atoms with Crippen LogP contribution in [0.4, 0.5) is 0 Å². The minimum atomic E-state index is -0.393. The lowest BCUT2D eigenvalue weighted by molar-refractivity contribution is -0.0143. The van der Waals surface area contributed by atoms with Crippen LogP contribution in [0, 0.1) is 0 Å². The average molecular weight is 269 g/mol. The Morgan fingerprint density at radius 2 is 2.33 bits per heavy atom. The molecule has 1 aromatic heterocycles. The Morgan fingerprint density at radius 1 is 1.56 bits per heavy atom. The van der Waals surface area contributed by atoms with Crippen LogP contribution in [0.3, 0.4) is 0 Å². The molecule has 0 unspecified atom stereocenters. The summed E-state index contributed by atoms with van der Waals surface area (Å²) in [4.78, 5) is 3.86. The summed E-state index contributed by atoms with van der Waals surface area (Å²) in [6.07, 6.45) is 0.895. The standard InChI is InChI=1S/C14H23NO2S/c1-10(2)17-9-12(16)8-15-6-4-14-13(11(15)3)5-7-18-14/h5,7,10-12,16H,4,6,8-9H2,1-3H3/t11-,12-/m0/s1.